The Labute approximate surface area is 132 Å². The number of halogens is 1. The van der Waals surface area contributed by atoms with Crippen LogP contribution in [0.3, 0.4) is 0 Å². The van der Waals surface area contributed by atoms with Crippen molar-refractivity contribution >= 4 is 27.7 Å². The van der Waals surface area contributed by atoms with Crippen LogP contribution in [0.1, 0.15) is 25.3 Å². The van der Waals surface area contributed by atoms with Crippen LogP contribution >= 0.6 is 15.9 Å². The molecule has 1 fully saturated rings. The van der Waals surface area contributed by atoms with Gasteiger partial charge < -0.3 is 15.0 Å². The molecule has 0 spiro atoms. The lowest BCUT2D eigenvalue weighted by atomic mass is 10.1. The van der Waals surface area contributed by atoms with E-state index in [1.807, 2.05) is 25.1 Å². The van der Waals surface area contributed by atoms with Gasteiger partial charge in [0.25, 0.3) is 0 Å². The smallest absolute Gasteiger partial charge is 0.243 e. The van der Waals surface area contributed by atoms with Gasteiger partial charge in [0.15, 0.2) is 0 Å². The summed E-state index contributed by atoms with van der Waals surface area (Å²) in [6.07, 6.45) is 1.51. The second-order valence-corrected chi connectivity index (χ2v) is 5.86. The maximum absolute atomic E-state index is 12.2. The van der Waals surface area contributed by atoms with Crippen LogP contribution in [0.5, 0.6) is 5.75 Å². The molecular weight excluding hydrogens is 336 g/mol. The largest absolute Gasteiger partial charge is 0.497 e. The molecule has 114 valence electrons. The van der Waals surface area contributed by atoms with E-state index in [2.05, 4.69) is 21.2 Å². The third-order valence-corrected chi connectivity index (χ3v) is 4.34. The van der Waals surface area contributed by atoms with Crippen molar-refractivity contribution in [3.05, 3.63) is 28.2 Å². The average molecular weight is 355 g/mol. The first kappa shape index (κ1) is 15.8. The normalized spacial score (nSPS) is 18.6. The van der Waals surface area contributed by atoms with E-state index in [0.29, 0.717) is 13.0 Å². The Morgan fingerprint density at radius 1 is 1.43 bits per heavy atom. The minimum Gasteiger partial charge on any atom is -0.497 e. The number of amides is 2. The third kappa shape index (κ3) is 3.56. The Morgan fingerprint density at radius 3 is 2.86 bits per heavy atom. The standard InChI is InChI=1S/C15H19BrN2O3/c1-3-4-13-15(20)17-8-14(19)18(13)9-10-7-11(21-2)5-6-12(10)16/h5-7,13H,3-4,8-9H2,1-2H3,(H,17,20). The number of hydrogen-bond acceptors (Lipinski definition) is 3. The molecule has 1 aliphatic heterocycles. The Hall–Kier alpha value is -1.56. The lowest BCUT2D eigenvalue weighted by Crippen LogP contribution is -2.57. The number of carbonyl (C=O) groups is 2. The molecule has 0 radical (unpaired) electrons. The van der Waals surface area contributed by atoms with E-state index >= 15 is 0 Å². The lowest BCUT2D eigenvalue weighted by Gasteiger charge is -2.35. The van der Waals surface area contributed by atoms with Gasteiger partial charge in [0, 0.05) is 11.0 Å². The highest BCUT2D eigenvalue weighted by molar-refractivity contribution is 9.10. The molecule has 1 unspecified atom stereocenters. The number of rotatable bonds is 5. The summed E-state index contributed by atoms with van der Waals surface area (Å²) in [4.78, 5) is 25.8. The van der Waals surface area contributed by atoms with Gasteiger partial charge in [0.05, 0.1) is 13.7 Å². The Bertz CT molecular complexity index is 548. The van der Waals surface area contributed by atoms with Gasteiger partial charge in [-0.15, -0.1) is 0 Å². The lowest BCUT2D eigenvalue weighted by molar-refractivity contribution is -0.146. The van der Waals surface area contributed by atoms with E-state index in [-0.39, 0.29) is 18.4 Å². The molecule has 0 saturated carbocycles. The van der Waals surface area contributed by atoms with E-state index in [0.717, 1.165) is 22.2 Å². The average Bonchev–Trinajstić information content (AvgIpc) is 2.48. The summed E-state index contributed by atoms with van der Waals surface area (Å²) < 4.78 is 6.12. The number of hydrogen-bond donors (Lipinski definition) is 1. The van der Waals surface area contributed by atoms with E-state index in [1.54, 1.807) is 12.0 Å². The van der Waals surface area contributed by atoms with Crippen LogP contribution in [0.2, 0.25) is 0 Å². The first-order valence-corrected chi connectivity index (χ1v) is 7.75. The van der Waals surface area contributed by atoms with Crippen molar-refractivity contribution in [3.8, 4) is 5.75 Å². The van der Waals surface area contributed by atoms with Gasteiger partial charge in [0.2, 0.25) is 11.8 Å². The van der Waals surface area contributed by atoms with Gasteiger partial charge in [0.1, 0.15) is 11.8 Å². The zero-order valence-corrected chi connectivity index (χ0v) is 13.8. The molecule has 6 heteroatoms. The number of carbonyl (C=O) groups excluding carboxylic acids is 2. The van der Waals surface area contributed by atoms with Crippen molar-refractivity contribution in [1.82, 2.24) is 10.2 Å². The zero-order valence-electron chi connectivity index (χ0n) is 12.2. The molecule has 0 bridgehead atoms. The number of piperazine rings is 1. The minimum atomic E-state index is -0.394. The summed E-state index contributed by atoms with van der Waals surface area (Å²) in [6, 6.07) is 5.22. The van der Waals surface area contributed by atoms with Crippen LogP contribution in [0, 0.1) is 0 Å². The number of benzene rings is 1. The van der Waals surface area contributed by atoms with Crippen molar-refractivity contribution in [2.45, 2.75) is 32.4 Å². The van der Waals surface area contributed by atoms with Gasteiger partial charge in [-0.3, -0.25) is 9.59 Å². The molecule has 21 heavy (non-hydrogen) atoms. The van der Waals surface area contributed by atoms with Gasteiger partial charge in [-0.2, -0.15) is 0 Å². The number of nitrogens with one attached hydrogen (secondary N) is 1. The van der Waals surface area contributed by atoms with Crippen molar-refractivity contribution in [3.63, 3.8) is 0 Å². The summed E-state index contributed by atoms with van der Waals surface area (Å²) in [5.74, 6) is 0.604. The molecule has 1 atom stereocenters. The fraction of sp³-hybridized carbons (Fsp3) is 0.467. The van der Waals surface area contributed by atoms with Crippen molar-refractivity contribution in [2.75, 3.05) is 13.7 Å². The minimum absolute atomic E-state index is 0.0530. The van der Waals surface area contributed by atoms with Gasteiger partial charge in [-0.25, -0.2) is 0 Å². The second-order valence-electron chi connectivity index (χ2n) is 5.00. The Morgan fingerprint density at radius 2 is 2.19 bits per heavy atom. The Balaban J connectivity index is 2.25. The number of methoxy groups -OCH3 is 1. The predicted molar refractivity (Wildman–Crippen MR) is 82.9 cm³/mol. The summed E-state index contributed by atoms with van der Waals surface area (Å²) in [7, 11) is 1.60. The third-order valence-electron chi connectivity index (χ3n) is 3.57. The monoisotopic (exact) mass is 354 g/mol. The maximum atomic E-state index is 12.2. The molecule has 0 aromatic heterocycles. The fourth-order valence-electron chi connectivity index (χ4n) is 2.44. The van der Waals surface area contributed by atoms with Gasteiger partial charge in [-0.05, 0) is 30.2 Å². The molecule has 1 heterocycles. The maximum Gasteiger partial charge on any atom is 0.243 e. The molecule has 5 nitrogen and oxygen atoms in total. The van der Waals surface area contributed by atoms with E-state index in [1.165, 1.54) is 0 Å². The quantitative estimate of drug-likeness (QED) is 0.880. The molecule has 2 rings (SSSR count). The Kier molecular flexibility index (Phi) is 5.22. The van der Waals surface area contributed by atoms with E-state index in [4.69, 9.17) is 4.74 Å². The molecule has 1 aliphatic rings. The number of ether oxygens (including phenoxy) is 1. The van der Waals surface area contributed by atoms with E-state index < -0.39 is 6.04 Å². The molecule has 1 N–H and O–H groups in total. The van der Waals surface area contributed by atoms with Crippen molar-refractivity contribution in [2.24, 2.45) is 0 Å². The summed E-state index contributed by atoms with van der Waals surface area (Å²) in [6.45, 7) is 2.47. The summed E-state index contributed by atoms with van der Waals surface area (Å²) >= 11 is 3.49. The van der Waals surface area contributed by atoms with Crippen molar-refractivity contribution < 1.29 is 14.3 Å². The second kappa shape index (κ2) is 6.93. The van der Waals surface area contributed by atoms with Crippen molar-refractivity contribution in [1.29, 1.82) is 0 Å². The fourth-order valence-corrected chi connectivity index (χ4v) is 2.81. The molecule has 2 amide bonds. The van der Waals surface area contributed by atoms with Crippen LogP contribution in [0.4, 0.5) is 0 Å². The molecule has 1 saturated heterocycles. The highest BCUT2D eigenvalue weighted by atomic mass is 79.9. The molecular formula is C15H19BrN2O3. The van der Waals surface area contributed by atoms with Crippen LogP contribution < -0.4 is 10.1 Å². The highest BCUT2D eigenvalue weighted by Crippen LogP contribution is 2.25. The molecule has 1 aromatic rings. The van der Waals surface area contributed by atoms with Gasteiger partial charge >= 0.3 is 0 Å². The summed E-state index contributed by atoms with van der Waals surface area (Å²) in [5.41, 5.74) is 0.929. The first-order valence-electron chi connectivity index (χ1n) is 6.96. The molecule has 1 aromatic carbocycles. The van der Waals surface area contributed by atoms with Crippen LogP contribution in [-0.4, -0.2) is 36.4 Å². The van der Waals surface area contributed by atoms with E-state index in [9.17, 15) is 9.59 Å². The van der Waals surface area contributed by atoms with Gasteiger partial charge in [-0.1, -0.05) is 29.3 Å². The van der Waals surface area contributed by atoms with Crippen LogP contribution in [0.15, 0.2) is 22.7 Å². The molecule has 0 aliphatic carbocycles. The number of nitrogens with zero attached hydrogens (tertiary/aromatic N) is 1. The summed E-state index contributed by atoms with van der Waals surface area (Å²) in [5, 5.41) is 2.65. The topological polar surface area (TPSA) is 58.6 Å². The highest BCUT2D eigenvalue weighted by Gasteiger charge is 2.33. The first-order chi connectivity index (χ1) is 10.1. The SMILES string of the molecule is CCCC1C(=O)NCC(=O)N1Cc1cc(OC)ccc1Br. The van der Waals surface area contributed by atoms with Crippen LogP contribution in [-0.2, 0) is 16.1 Å². The van der Waals surface area contributed by atoms with Crippen LogP contribution in [0.25, 0.3) is 0 Å². The zero-order chi connectivity index (χ0) is 15.4. The predicted octanol–water partition coefficient (Wildman–Crippen LogP) is 2.08.